The fraction of sp³-hybridized carbons (Fsp3) is 0.296. The Morgan fingerprint density at radius 3 is 2.59 bits per heavy atom. The minimum Gasteiger partial charge on any atom is -0.472 e. The van der Waals surface area contributed by atoms with Crippen molar-refractivity contribution in [2.45, 2.75) is 31.4 Å². The van der Waals surface area contributed by atoms with Crippen LogP contribution in [0.3, 0.4) is 0 Å². The second kappa shape index (κ2) is 9.44. The van der Waals surface area contributed by atoms with Crippen molar-refractivity contribution in [3.8, 4) is 0 Å². The third-order valence-corrected chi connectivity index (χ3v) is 6.56. The number of carbonyl (C=O) groups is 1. The van der Waals surface area contributed by atoms with E-state index in [2.05, 4.69) is 10.2 Å². The molecule has 3 heterocycles. The van der Waals surface area contributed by atoms with Crippen LogP contribution in [-0.4, -0.2) is 35.5 Å². The van der Waals surface area contributed by atoms with Crippen LogP contribution >= 0.6 is 0 Å². The van der Waals surface area contributed by atoms with E-state index in [4.69, 9.17) is 8.83 Å². The lowest BCUT2D eigenvalue weighted by Crippen LogP contribution is -2.42. The maximum atomic E-state index is 13.0. The van der Waals surface area contributed by atoms with E-state index in [0.717, 1.165) is 41.7 Å². The second-order valence-corrected chi connectivity index (χ2v) is 8.93. The number of rotatable bonds is 7. The van der Waals surface area contributed by atoms with Crippen LogP contribution in [0.2, 0.25) is 0 Å². The van der Waals surface area contributed by atoms with Crippen LogP contribution in [0.4, 0.5) is 4.39 Å². The molecule has 2 aromatic carbocycles. The van der Waals surface area contributed by atoms with Crippen molar-refractivity contribution in [1.29, 1.82) is 0 Å². The first-order chi connectivity index (χ1) is 16.5. The number of furan rings is 2. The van der Waals surface area contributed by atoms with Crippen molar-refractivity contribution in [2.24, 2.45) is 0 Å². The summed E-state index contributed by atoms with van der Waals surface area (Å²) in [6.45, 7) is 2.80. The van der Waals surface area contributed by atoms with Gasteiger partial charge in [-0.15, -0.1) is 0 Å². The number of hydrogen-bond donors (Lipinski definition) is 2. The molecule has 0 saturated carbocycles. The molecule has 0 radical (unpaired) electrons. The molecule has 1 aliphatic heterocycles. The summed E-state index contributed by atoms with van der Waals surface area (Å²) in [5, 5.41) is 15.0. The first-order valence-corrected chi connectivity index (χ1v) is 11.5. The lowest BCUT2D eigenvalue weighted by Gasteiger charge is -2.38. The Morgan fingerprint density at radius 2 is 1.85 bits per heavy atom. The van der Waals surface area contributed by atoms with Gasteiger partial charge in [-0.3, -0.25) is 9.69 Å². The maximum absolute atomic E-state index is 13.0. The van der Waals surface area contributed by atoms with E-state index in [1.54, 1.807) is 30.7 Å². The predicted molar refractivity (Wildman–Crippen MR) is 126 cm³/mol. The summed E-state index contributed by atoms with van der Waals surface area (Å²) >= 11 is 0. The lowest BCUT2D eigenvalue weighted by atomic mass is 9.84. The highest BCUT2D eigenvalue weighted by Crippen LogP contribution is 2.35. The number of aliphatic hydroxyl groups is 1. The first-order valence-electron chi connectivity index (χ1n) is 11.5. The van der Waals surface area contributed by atoms with Crippen LogP contribution in [0.15, 0.2) is 76.0 Å². The molecule has 7 heteroatoms. The minimum atomic E-state index is -0.907. The van der Waals surface area contributed by atoms with Gasteiger partial charge in [0.2, 0.25) is 0 Å². The van der Waals surface area contributed by atoms with Gasteiger partial charge in [-0.25, -0.2) is 4.39 Å². The summed E-state index contributed by atoms with van der Waals surface area (Å²) in [4.78, 5) is 14.9. The highest BCUT2D eigenvalue weighted by Gasteiger charge is 2.34. The van der Waals surface area contributed by atoms with Gasteiger partial charge in [-0.05, 0) is 66.8 Å². The standard InChI is InChI=1S/C27H27FN2O4/c28-23-4-1-19(2-5-23)7-11-29-26(31)25-16-21-15-22(3-6-24(21)34-25)27(32)9-12-30(13-10-27)17-20-8-14-33-18-20/h1-6,8,14-16,18,32H,7,9-13,17H2,(H,29,31). The van der Waals surface area contributed by atoms with E-state index in [-0.39, 0.29) is 17.5 Å². The number of piperidine rings is 1. The van der Waals surface area contributed by atoms with E-state index in [1.165, 1.54) is 12.1 Å². The molecule has 176 valence electrons. The highest BCUT2D eigenvalue weighted by atomic mass is 19.1. The topological polar surface area (TPSA) is 78.9 Å². The molecule has 4 aromatic rings. The molecule has 2 aromatic heterocycles. The van der Waals surface area contributed by atoms with E-state index >= 15 is 0 Å². The van der Waals surface area contributed by atoms with Crippen molar-refractivity contribution in [1.82, 2.24) is 10.2 Å². The molecule has 1 saturated heterocycles. The summed E-state index contributed by atoms with van der Waals surface area (Å²) < 4.78 is 23.9. The molecule has 1 fully saturated rings. The second-order valence-electron chi connectivity index (χ2n) is 8.93. The molecule has 5 rings (SSSR count). The number of hydrogen-bond acceptors (Lipinski definition) is 5. The highest BCUT2D eigenvalue weighted by molar-refractivity contribution is 5.96. The Hall–Kier alpha value is -3.42. The van der Waals surface area contributed by atoms with Crippen molar-refractivity contribution >= 4 is 16.9 Å². The van der Waals surface area contributed by atoms with Crippen LogP contribution in [0.1, 0.15) is 40.1 Å². The van der Waals surface area contributed by atoms with Gasteiger partial charge >= 0.3 is 0 Å². The molecule has 34 heavy (non-hydrogen) atoms. The van der Waals surface area contributed by atoms with Gasteiger partial charge in [0.15, 0.2) is 5.76 Å². The van der Waals surface area contributed by atoms with Crippen molar-refractivity contribution in [3.05, 3.63) is 95.4 Å². The number of likely N-dealkylation sites (tertiary alicyclic amines) is 1. The molecule has 0 bridgehead atoms. The van der Waals surface area contributed by atoms with Gasteiger partial charge < -0.3 is 19.3 Å². The largest absolute Gasteiger partial charge is 0.472 e. The zero-order chi connectivity index (χ0) is 23.5. The number of benzene rings is 2. The Balaban J connectivity index is 1.21. The first kappa shape index (κ1) is 22.4. The lowest BCUT2D eigenvalue weighted by molar-refractivity contribution is -0.0276. The third kappa shape index (κ3) is 4.90. The summed E-state index contributed by atoms with van der Waals surface area (Å²) in [6, 6.07) is 15.5. The summed E-state index contributed by atoms with van der Waals surface area (Å²) in [7, 11) is 0. The van der Waals surface area contributed by atoms with Gasteiger partial charge in [-0.2, -0.15) is 0 Å². The van der Waals surface area contributed by atoms with Crippen LogP contribution in [-0.2, 0) is 18.6 Å². The van der Waals surface area contributed by atoms with Crippen LogP contribution < -0.4 is 5.32 Å². The van der Waals surface area contributed by atoms with Gasteiger partial charge in [0.25, 0.3) is 5.91 Å². The van der Waals surface area contributed by atoms with Crippen LogP contribution in [0.5, 0.6) is 0 Å². The summed E-state index contributed by atoms with van der Waals surface area (Å²) in [5.41, 5.74) is 2.62. The van der Waals surface area contributed by atoms with E-state index in [1.807, 2.05) is 24.3 Å². The molecule has 2 N–H and O–H groups in total. The third-order valence-electron chi connectivity index (χ3n) is 6.56. The number of carbonyl (C=O) groups excluding carboxylic acids is 1. The average molecular weight is 463 g/mol. The number of nitrogens with zero attached hydrogens (tertiary/aromatic N) is 1. The van der Waals surface area contributed by atoms with E-state index in [9.17, 15) is 14.3 Å². The Kier molecular flexibility index (Phi) is 6.22. The van der Waals surface area contributed by atoms with Crippen molar-refractivity contribution in [2.75, 3.05) is 19.6 Å². The molecule has 0 aliphatic carbocycles. The fourth-order valence-electron chi connectivity index (χ4n) is 4.51. The zero-order valence-electron chi connectivity index (χ0n) is 18.8. The van der Waals surface area contributed by atoms with Crippen LogP contribution in [0, 0.1) is 5.82 Å². The number of nitrogens with one attached hydrogen (secondary N) is 1. The van der Waals surface area contributed by atoms with Crippen LogP contribution in [0.25, 0.3) is 11.0 Å². The Bertz CT molecular complexity index is 1260. The summed E-state index contributed by atoms with van der Waals surface area (Å²) in [6.07, 6.45) is 5.29. The number of fused-ring (bicyclic) bond motifs is 1. The molecule has 0 spiro atoms. The minimum absolute atomic E-state index is 0.230. The normalized spacial score (nSPS) is 16.1. The molecule has 0 atom stereocenters. The Morgan fingerprint density at radius 1 is 1.06 bits per heavy atom. The van der Waals surface area contributed by atoms with Crippen molar-refractivity contribution < 1.29 is 23.1 Å². The zero-order valence-corrected chi connectivity index (χ0v) is 18.8. The quantitative estimate of drug-likeness (QED) is 0.419. The average Bonchev–Trinajstić information content (AvgIpc) is 3.51. The Labute approximate surface area is 197 Å². The smallest absolute Gasteiger partial charge is 0.287 e. The van der Waals surface area contributed by atoms with E-state index < -0.39 is 5.60 Å². The molecule has 1 amide bonds. The van der Waals surface area contributed by atoms with Gasteiger partial charge in [0, 0.05) is 37.1 Å². The van der Waals surface area contributed by atoms with Gasteiger partial charge in [0.1, 0.15) is 11.4 Å². The molecular weight excluding hydrogens is 435 g/mol. The van der Waals surface area contributed by atoms with Gasteiger partial charge in [0.05, 0.1) is 18.1 Å². The predicted octanol–water partition coefficient (Wildman–Crippen LogP) is 4.62. The molecule has 6 nitrogen and oxygen atoms in total. The monoisotopic (exact) mass is 462 g/mol. The SMILES string of the molecule is O=C(NCCc1ccc(F)cc1)c1cc2cc(C3(O)CCN(Cc4ccoc4)CC3)ccc2o1. The van der Waals surface area contributed by atoms with Crippen molar-refractivity contribution in [3.63, 3.8) is 0 Å². The molecule has 1 aliphatic rings. The van der Waals surface area contributed by atoms with Gasteiger partial charge in [-0.1, -0.05) is 18.2 Å². The maximum Gasteiger partial charge on any atom is 0.287 e. The number of amides is 1. The fourth-order valence-corrected chi connectivity index (χ4v) is 4.51. The number of halogens is 1. The molecule has 0 unspecified atom stereocenters. The van der Waals surface area contributed by atoms with E-state index in [0.29, 0.717) is 31.4 Å². The summed E-state index contributed by atoms with van der Waals surface area (Å²) in [5.74, 6) is -0.349. The molecular formula is C27H27FN2O4.